The first-order valence-electron chi connectivity index (χ1n) is 6.35. The molecule has 0 heterocycles. The maximum Gasteiger partial charge on any atom is 0.0839 e. The lowest BCUT2D eigenvalue weighted by Gasteiger charge is -2.33. The molecule has 0 aliphatic heterocycles. The third-order valence-corrected chi connectivity index (χ3v) is 3.79. The third-order valence-electron chi connectivity index (χ3n) is 3.79. The maximum absolute atomic E-state index is 6.30. The van der Waals surface area contributed by atoms with Crippen LogP contribution >= 0.6 is 0 Å². The molecule has 1 rings (SSSR count). The van der Waals surface area contributed by atoms with Gasteiger partial charge in [0.25, 0.3) is 0 Å². The van der Waals surface area contributed by atoms with E-state index in [0.717, 1.165) is 12.0 Å². The van der Waals surface area contributed by atoms with Crippen molar-refractivity contribution in [3.63, 3.8) is 0 Å². The Morgan fingerprint density at radius 2 is 1.65 bits per heavy atom. The van der Waals surface area contributed by atoms with Crippen molar-refractivity contribution in [2.45, 2.75) is 51.7 Å². The zero-order valence-electron chi connectivity index (χ0n) is 11.7. The van der Waals surface area contributed by atoms with Crippen LogP contribution in [0.15, 0.2) is 24.3 Å². The fourth-order valence-corrected chi connectivity index (χ4v) is 1.93. The van der Waals surface area contributed by atoms with Crippen molar-refractivity contribution in [3.05, 3.63) is 35.4 Å². The summed E-state index contributed by atoms with van der Waals surface area (Å²) in [5.74, 6) is 0.556. The van der Waals surface area contributed by atoms with Gasteiger partial charge >= 0.3 is 0 Å². The van der Waals surface area contributed by atoms with E-state index in [0.29, 0.717) is 5.92 Å². The number of hydrogen-bond acceptors (Lipinski definition) is 2. The van der Waals surface area contributed by atoms with E-state index in [1.165, 1.54) is 5.56 Å². The average Bonchev–Trinajstić information content (AvgIpc) is 2.37. The van der Waals surface area contributed by atoms with Gasteiger partial charge in [0.1, 0.15) is 0 Å². The van der Waals surface area contributed by atoms with Gasteiger partial charge in [0.05, 0.1) is 11.6 Å². The van der Waals surface area contributed by atoms with Crippen LogP contribution in [-0.2, 0) is 4.74 Å². The fourth-order valence-electron chi connectivity index (χ4n) is 1.93. The third kappa shape index (κ3) is 3.08. The summed E-state index contributed by atoms with van der Waals surface area (Å²) in [6.45, 7) is 8.56. The number of rotatable bonds is 5. The number of methoxy groups -OCH3 is 1. The van der Waals surface area contributed by atoms with Crippen molar-refractivity contribution in [1.29, 1.82) is 0 Å². The smallest absolute Gasteiger partial charge is 0.0839 e. The summed E-state index contributed by atoms with van der Waals surface area (Å²) in [6, 6.07) is 8.47. The van der Waals surface area contributed by atoms with Crippen LogP contribution in [0.3, 0.4) is 0 Å². The van der Waals surface area contributed by atoms with Crippen molar-refractivity contribution in [2.75, 3.05) is 7.11 Å². The molecule has 2 nitrogen and oxygen atoms in total. The van der Waals surface area contributed by atoms with Crippen LogP contribution < -0.4 is 5.73 Å². The van der Waals surface area contributed by atoms with Crippen LogP contribution in [0.5, 0.6) is 0 Å². The van der Waals surface area contributed by atoms with Gasteiger partial charge in [-0.25, -0.2) is 0 Å². The Morgan fingerprint density at radius 1 is 1.18 bits per heavy atom. The molecule has 96 valence electrons. The molecule has 2 heteroatoms. The molecule has 1 aromatic carbocycles. The second-order valence-electron chi connectivity index (χ2n) is 5.17. The van der Waals surface area contributed by atoms with Crippen molar-refractivity contribution in [3.8, 4) is 0 Å². The molecule has 0 bridgehead atoms. The van der Waals surface area contributed by atoms with E-state index < -0.39 is 0 Å². The van der Waals surface area contributed by atoms with Crippen LogP contribution in [0.2, 0.25) is 0 Å². The van der Waals surface area contributed by atoms with Gasteiger partial charge in [0, 0.05) is 7.11 Å². The van der Waals surface area contributed by atoms with Crippen molar-refractivity contribution in [2.24, 2.45) is 5.73 Å². The number of hydrogen-bond donors (Lipinski definition) is 1. The highest BCUT2D eigenvalue weighted by molar-refractivity contribution is 5.28. The summed E-state index contributed by atoms with van der Waals surface area (Å²) in [7, 11) is 1.73. The highest BCUT2D eigenvalue weighted by Gasteiger charge is 2.30. The Labute approximate surface area is 105 Å². The first-order valence-corrected chi connectivity index (χ1v) is 6.35. The fraction of sp³-hybridized carbons (Fsp3) is 0.600. The highest BCUT2D eigenvalue weighted by Crippen LogP contribution is 2.30. The van der Waals surface area contributed by atoms with Gasteiger partial charge in [-0.1, -0.05) is 45.0 Å². The van der Waals surface area contributed by atoms with E-state index in [1.54, 1.807) is 7.11 Å². The van der Waals surface area contributed by atoms with Gasteiger partial charge in [0.2, 0.25) is 0 Å². The molecule has 0 aliphatic rings. The summed E-state index contributed by atoms with van der Waals surface area (Å²) in [4.78, 5) is 0. The maximum atomic E-state index is 6.30. The molecule has 0 spiro atoms. The number of nitrogens with two attached hydrogens (primary N) is 1. The minimum atomic E-state index is -0.292. The Morgan fingerprint density at radius 3 is 2.00 bits per heavy atom. The number of benzene rings is 1. The summed E-state index contributed by atoms with van der Waals surface area (Å²) in [6.07, 6.45) is 0.899. The second kappa shape index (κ2) is 5.65. The average molecular weight is 235 g/mol. The molecule has 0 fully saturated rings. The molecule has 2 atom stereocenters. The van der Waals surface area contributed by atoms with Gasteiger partial charge in [-0.15, -0.1) is 0 Å². The van der Waals surface area contributed by atoms with E-state index in [9.17, 15) is 0 Å². The predicted molar refractivity (Wildman–Crippen MR) is 73.2 cm³/mol. The summed E-state index contributed by atoms with van der Waals surface area (Å²) in [5, 5.41) is 0. The van der Waals surface area contributed by atoms with Gasteiger partial charge in [-0.3, -0.25) is 0 Å². The molecule has 0 radical (unpaired) electrons. The van der Waals surface area contributed by atoms with Gasteiger partial charge in [-0.05, 0) is 30.4 Å². The highest BCUT2D eigenvalue weighted by atomic mass is 16.5. The summed E-state index contributed by atoms with van der Waals surface area (Å²) in [5.41, 5.74) is 8.49. The lowest BCUT2D eigenvalue weighted by atomic mass is 9.87. The Hall–Kier alpha value is -0.860. The van der Waals surface area contributed by atoms with Crippen molar-refractivity contribution >= 4 is 0 Å². The topological polar surface area (TPSA) is 35.2 Å². The minimum absolute atomic E-state index is 0.0845. The lowest BCUT2D eigenvalue weighted by molar-refractivity contribution is -0.0194. The zero-order valence-corrected chi connectivity index (χ0v) is 11.7. The van der Waals surface area contributed by atoms with E-state index in [-0.39, 0.29) is 11.6 Å². The van der Waals surface area contributed by atoms with E-state index in [1.807, 2.05) is 0 Å². The molecule has 1 aromatic rings. The Balaban J connectivity index is 2.93. The van der Waals surface area contributed by atoms with E-state index >= 15 is 0 Å². The Bertz CT molecular complexity index is 338. The zero-order chi connectivity index (χ0) is 13.1. The molecule has 0 aromatic heterocycles. The predicted octanol–water partition coefficient (Wildman–Crippen LogP) is 3.62. The van der Waals surface area contributed by atoms with Gasteiger partial charge < -0.3 is 10.5 Å². The summed E-state index contributed by atoms with van der Waals surface area (Å²) < 4.78 is 5.56. The van der Waals surface area contributed by atoms with Crippen LogP contribution in [0.1, 0.15) is 57.2 Å². The van der Waals surface area contributed by atoms with Crippen LogP contribution in [-0.4, -0.2) is 12.7 Å². The van der Waals surface area contributed by atoms with Gasteiger partial charge in [-0.2, -0.15) is 0 Å². The standard InChI is InChI=1S/C15H25NO/c1-6-15(4,17-5)14(16)13-9-7-12(8-10-13)11(2)3/h7-11,14H,6,16H2,1-5H3. The normalized spacial score (nSPS) is 16.9. The lowest BCUT2D eigenvalue weighted by Crippen LogP contribution is -2.39. The van der Waals surface area contributed by atoms with Crippen molar-refractivity contribution < 1.29 is 4.74 Å². The first kappa shape index (κ1) is 14.2. The molecular weight excluding hydrogens is 210 g/mol. The quantitative estimate of drug-likeness (QED) is 0.846. The molecule has 0 aliphatic carbocycles. The molecule has 17 heavy (non-hydrogen) atoms. The van der Waals surface area contributed by atoms with E-state index in [2.05, 4.69) is 52.0 Å². The SMILES string of the molecule is CCC(C)(OC)C(N)c1ccc(C(C)C)cc1. The monoisotopic (exact) mass is 235 g/mol. The Kier molecular flexibility index (Phi) is 4.72. The van der Waals surface area contributed by atoms with Crippen LogP contribution in [0.4, 0.5) is 0 Å². The molecule has 2 unspecified atom stereocenters. The molecule has 0 amide bonds. The van der Waals surface area contributed by atoms with Gasteiger partial charge in [0.15, 0.2) is 0 Å². The van der Waals surface area contributed by atoms with Crippen LogP contribution in [0.25, 0.3) is 0 Å². The molecule has 0 saturated carbocycles. The van der Waals surface area contributed by atoms with Crippen molar-refractivity contribution in [1.82, 2.24) is 0 Å². The molecule has 2 N–H and O–H groups in total. The largest absolute Gasteiger partial charge is 0.377 e. The first-order chi connectivity index (χ1) is 7.94. The second-order valence-corrected chi connectivity index (χ2v) is 5.17. The molecular formula is C15H25NO. The minimum Gasteiger partial charge on any atom is -0.377 e. The number of ether oxygens (including phenoxy) is 1. The molecule has 0 saturated heterocycles. The summed E-state index contributed by atoms with van der Waals surface area (Å²) >= 11 is 0. The van der Waals surface area contributed by atoms with E-state index in [4.69, 9.17) is 10.5 Å². The van der Waals surface area contributed by atoms with Crippen LogP contribution in [0, 0.1) is 0 Å².